The topological polar surface area (TPSA) is 12.9 Å². The molecule has 0 spiro atoms. The Balaban J connectivity index is 1.54. The van der Waals surface area contributed by atoms with Crippen molar-refractivity contribution in [2.24, 2.45) is 0 Å². The third-order valence-corrected chi connectivity index (χ3v) is 5.94. The highest BCUT2D eigenvalue weighted by Crippen LogP contribution is 2.25. The summed E-state index contributed by atoms with van der Waals surface area (Å²) in [5.74, 6) is 0. The van der Waals surface area contributed by atoms with E-state index in [1.165, 1.54) is 91.3 Å². The molecule has 0 aliphatic heterocycles. The van der Waals surface area contributed by atoms with Gasteiger partial charge in [0.25, 0.3) is 0 Å². The number of pyridine rings is 1. The Bertz CT molecular complexity index is 844. The van der Waals surface area contributed by atoms with Crippen molar-refractivity contribution in [2.45, 2.75) is 78.1 Å². The molecule has 2 aromatic carbocycles. The first-order valence-electron chi connectivity index (χ1n) is 11.9. The maximum Gasteiger partial charge on any atom is 0.0404 e. The van der Waals surface area contributed by atoms with Crippen LogP contribution in [0.25, 0.3) is 22.3 Å². The van der Waals surface area contributed by atoms with E-state index in [1.54, 1.807) is 0 Å². The highest BCUT2D eigenvalue weighted by atomic mass is 14.7. The Morgan fingerprint density at radius 3 is 1.63 bits per heavy atom. The second-order valence-corrected chi connectivity index (χ2v) is 8.43. The van der Waals surface area contributed by atoms with Crippen molar-refractivity contribution in [3.8, 4) is 22.3 Å². The van der Waals surface area contributed by atoms with Gasteiger partial charge in [-0.1, -0.05) is 107 Å². The number of hydrogen-bond acceptors (Lipinski definition) is 1. The molecule has 0 atom stereocenters. The molecule has 1 nitrogen and oxygen atoms in total. The molecule has 0 saturated heterocycles. The number of nitrogens with zero attached hydrogens (tertiary/aromatic N) is 1. The van der Waals surface area contributed by atoms with Crippen molar-refractivity contribution in [1.82, 2.24) is 4.98 Å². The third-order valence-electron chi connectivity index (χ3n) is 5.94. The average Bonchev–Trinajstić information content (AvgIpc) is 2.81. The van der Waals surface area contributed by atoms with E-state index in [-0.39, 0.29) is 0 Å². The molecule has 0 aliphatic carbocycles. The van der Waals surface area contributed by atoms with Crippen molar-refractivity contribution in [2.75, 3.05) is 0 Å². The van der Waals surface area contributed by atoms with Crippen LogP contribution in [0.1, 0.15) is 76.5 Å². The third kappa shape index (κ3) is 6.83. The number of benzene rings is 2. The zero-order valence-electron chi connectivity index (χ0n) is 18.9. The number of aromatic nitrogens is 1. The molecule has 0 amide bonds. The van der Waals surface area contributed by atoms with Crippen LogP contribution in [0.5, 0.6) is 0 Å². The quantitative estimate of drug-likeness (QED) is 0.278. The number of unbranched alkanes of at least 4 members (excludes halogenated alkanes) is 6. The second kappa shape index (κ2) is 12.3. The smallest absolute Gasteiger partial charge is 0.0404 e. The SMILES string of the molecule is CCCCCCCCc1ccc(-c2ccc(-c3ccc(CCCC)cc3)cc2)cn1. The van der Waals surface area contributed by atoms with Crippen molar-refractivity contribution >= 4 is 0 Å². The largest absolute Gasteiger partial charge is 0.261 e. The van der Waals surface area contributed by atoms with Gasteiger partial charge in [-0.15, -0.1) is 0 Å². The lowest BCUT2D eigenvalue weighted by Crippen LogP contribution is -1.91. The van der Waals surface area contributed by atoms with Crippen LogP contribution in [0.15, 0.2) is 66.9 Å². The summed E-state index contributed by atoms with van der Waals surface area (Å²) in [7, 11) is 0. The van der Waals surface area contributed by atoms with E-state index < -0.39 is 0 Å². The van der Waals surface area contributed by atoms with Crippen molar-refractivity contribution in [1.29, 1.82) is 0 Å². The van der Waals surface area contributed by atoms with Gasteiger partial charge in [0.2, 0.25) is 0 Å². The van der Waals surface area contributed by atoms with Gasteiger partial charge in [0, 0.05) is 17.5 Å². The van der Waals surface area contributed by atoms with Crippen LogP contribution in [-0.4, -0.2) is 4.98 Å². The predicted molar refractivity (Wildman–Crippen MR) is 131 cm³/mol. The second-order valence-electron chi connectivity index (χ2n) is 8.43. The first-order valence-corrected chi connectivity index (χ1v) is 11.9. The minimum absolute atomic E-state index is 1.10. The molecule has 3 aromatic rings. The summed E-state index contributed by atoms with van der Waals surface area (Å²) < 4.78 is 0. The Morgan fingerprint density at radius 1 is 0.500 bits per heavy atom. The van der Waals surface area contributed by atoms with Crippen LogP contribution in [-0.2, 0) is 12.8 Å². The van der Waals surface area contributed by atoms with Gasteiger partial charge in [0.05, 0.1) is 0 Å². The minimum atomic E-state index is 1.10. The highest BCUT2D eigenvalue weighted by Gasteiger charge is 2.03. The van der Waals surface area contributed by atoms with Gasteiger partial charge in [0.1, 0.15) is 0 Å². The van der Waals surface area contributed by atoms with Crippen LogP contribution in [0, 0.1) is 0 Å². The predicted octanol–water partition coefficient (Wildman–Crippen LogP) is 8.66. The highest BCUT2D eigenvalue weighted by molar-refractivity contribution is 5.70. The lowest BCUT2D eigenvalue weighted by Gasteiger charge is -2.07. The van der Waals surface area contributed by atoms with Gasteiger partial charge in [-0.3, -0.25) is 4.98 Å². The van der Waals surface area contributed by atoms with E-state index in [1.807, 2.05) is 6.20 Å². The normalized spacial score (nSPS) is 11.0. The first-order chi connectivity index (χ1) is 14.8. The monoisotopic (exact) mass is 399 g/mol. The molecule has 3 rings (SSSR count). The van der Waals surface area contributed by atoms with E-state index in [4.69, 9.17) is 4.98 Å². The maximum absolute atomic E-state index is 4.70. The maximum atomic E-state index is 4.70. The Hall–Kier alpha value is -2.41. The minimum Gasteiger partial charge on any atom is -0.261 e. The molecule has 1 heterocycles. The molecular formula is C29H37N. The molecule has 1 heteroatoms. The Kier molecular flexibility index (Phi) is 9.15. The molecule has 0 N–H and O–H groups in total. The van der Waals surface area contributed by atoms with Gasteiger partial charge in [-0.05, 0) is 54.0 Å². The van der Waals surface area contributed by atoms with Gasteiger partial charge in [0.15, 0.2) is 0 Å². The van der Waals surface area contributed by atoms with E-state index in [2.05, 4.69) is 74.5 Å². The fourth-order valence-corrected chi connectivity index (χ4v) is 3.93. The molecule has 158 valence electrons. The van der Waals surface area contributed by atoms with Gasteiger partial charge in [-0.25, -0.2) is 0 Å². The van der Waals surface area contributed by atoms with E-state index >= 15 is 0 Å². The van der Waals surface area contributed by atoms with E-state index in [0.717, 1.165) is 6.42 Å². The summed E-state index contributed by atoms with van der Waals surface area (Å²) >= 11 is 0. The lowest BCUT2D eigenvalue weighted by atomic mass is 9.99. The van der Waals surface area contributed by atoms with Gasteiger partial charge >= 0.3 is 0 Å². The van der Waals surface area contributed by atoms with Crippen molar-refractivity contribution in [3.05, 3.63) is 78.1 Å². The molecule has 0 unspecified atom stereocenters. The summed E-state index contributed by atoms with van der Waals surface area (Å²) in [5.41, 5.74) is 7.64. The fourth-order valence-electron chi connectivity index (χ4n) is 3.93. The average molecular weight is 400 g/mol. The summed E-state index contributed by atoms with van der Waals surface area (Å²) in [5, 5.41) is 0. The van der Waals surface area contributed by atoms with E-state index in [9.17, 15) is 0 Å². The number of hydrogen-bond donors (Lipinski definition) is 0. The zero-order chi connectivity index (χ0) is 21.0. The lowest BCUT2D eigenvalue weighted by molar-refractivity contribution is 0.605. The standard InChI is InChI=1S/C29H37N/c1-3-5-7-8-9-10-12-29-22-21-28(23-30-29)27-19-17-26(18-20-27)25-15-13-24(14-16-25)11-6-4-2/h13-23H,3-12H2,1-2H3. The summed E-state index contributed by atoms with van der Waals surface area (Å²) in [6.07, 6.45) is 14.8. The van der Waals surface area contributed by atoms with Crippen LogP contribution in [0.3, 0.4) is 0 Å². The van der Waals surface area contributed by atoms with Crippen LogP contribution in [0.2, 0.25) is 0 Å². The van der Waals surface area contributed by atoms with Crippen LogP contribution in [0.4, 0.5) is 0 Å². The first kappa shape index (κ1) is 22.3. The van der Waals surface area contributed by atoms with Crippen molar-refractivity contribution in [3.63, 3.8) is 0 Å². The summed E-state index contributed by atoms with van der Waals surface area (Å²) in [6, 6.07) is 22.3. The molecule has 0 aliphatic rings. The zero-order valence-corrected chi connectivity index (χ0v) is 18.9. The fraction of sp³-hybridized carbons (Fsp3) is 0.414. The van der Waals surface area contributed by atoms with E-state index in [0.29, 0.717) is 0 Å². The number of rotatable bonds is 12. The van der Waals surface area contributed by atoms with Gasteiger partial charge < -0.3 is 0 Å². The Morgan fingerprint density at radius 2 is 1.03 bits per heavy atom. The summed E-state index contributed by atoms with van der Waals surface area (Å²) in [6.45, 7) is 4.51. The van der Waals surface area contributed by atoms with Crippen LogP contribution >= 0.6 is 0 Å². The molecule has 0 bridgehead atoms. The summed E-state index contributed by atoms with van der Waals surface area (Å²) in [4.78, 5) is 4.70. The van der Waals surface area contributed by atoms with Crippen molar-refractivity contribution < 1.29 is 0 Å². The molecule has 30 heavy (non-hydrogen) atoms. The number of aryl methyl sites for hydroxylation is 2. The molecule has 0 fully saturated rings. The molecule has 0 radical (unpaired) electrons. The van der Waals surface area contributed by atoms with Gasteiger partial charge in [-0.2, -0.15) is 0 Å². The van der Waals surface area contributed by atoms with Crippen LogP contribution < -0.4 is 0 Å². The molecular weight excluding hydrogens is 362 g/mol. The molecule has 0 saturated carbocycles. The Labute approximate surface area is 183 Å². The molecule has 1 aromatic heterocycles.